The Balaban J connectivity index is 1.58. The molecule has 0 saturated carbocycles. The zero-order valence-electron chi connectivity index (χ0n) is 13.1. The molecule has 0 spiro atoms. The molecule has 0 bridgehead atoms. The van der Waals surface area contributed by atoms with Crippen molar-refractivity contribution in [3.8, 4) is 0 Å². The van der Waals surface area contributed by atoms with Crippen LogP contribution < -0.4 is 0 Å². The van der Waals surface area contributed by atoms with Gasteiger partial charge in [-0.15, -0.1) is 0 Å². The van der Waals surface area contributed by atoms with E-state index in [1.54, 1.807) is 0 Å². The van der Waals surface area contributed by atoms with Crippen LogP contribution in [0.5, 0.6) is 0 Å². The molecule has 2 aliphatic rings. The normalized spacial score (nSPS) is 22.0. The molecule has 0 N–H and O–H groups in total. The summed E-state index contributed by atoms with van der Waals surface area (Å²) in [6, 6.07) is 3.37. The highest BCUT2D eigenvalue weighted by Gasteiger charge is 2.39. The predicted molar refractivity (Wildman–Crippen MR) is 80.8 cm³/mol. The Labute approximate surface area is 134 Å². The number of carbonyl (C=O) groups excluding carboxylic acids is 2. The fourth-order valence-corrected chi connectivity index (χ4v) is 3.27. The molecular formula is C17H20F2N2O2. The lowest BCUT2D eigenvalue weighted by molar-refractivity contribution is -0.143. The van der Waals surface area contributed by atoms with Gasteiger partial charge in [-0.3, -0.25) is 9.59 Å². The number of halogens is 2. The molecule has 23 heavy (non-hydrogen) atoms. The lowest BCUT2D eigenvalue weighted by Gasteiger charge is -2.43. The lowest BCUT2D eigenvalue weighted by atomic mass is 9.94. The van der Waals surface area contributed by atoms with Crippen LogP contribution >= 0.6 is 0 Å². The number of hydrogen-bond acceptors (Lipinski definition) is 2. The van der Waals surface area contributed by atoms with E-state index in [-0.39, 0.29) is 29.3 Å². The summed E-state index contributed by atoms with van der Waals surface area (Å²) >= 11 is 0. The van der Waals surface area contributed by atoms with E-state index in [9.17, 15) is 18.4 Å². The molecule has 2 saturated heterocycles. The second kappa shape index (κ2) is 6.26. The average molecular weight is 322 g/mol. The van der Waals surface area contributed by atoms with Crippen molar-refractivity contribution in [2.45, 2.75) is 32.2 Å². The fourth-order valence-electron chi connectivity index (χ4n) is 3.27. The first-order valence-electron chi connectivity index (χ1n) is 8.02. The SMILES string of the molecule is CC1CCCCN1C(=O)C1CN(C(=O)c2ccc(F)c(F)c2)C1. The van der Waals surface area contributed by atoms with E-state index < -0.39 is 11.6 Å². The van der Waals surface area contributed by atoms with Crippen molar-refractivity contribution in [1.82, 2.24) is 9.80 Å². The van der Waals surface area contributed by atoms with E-state index in [4.69, 9.17) is 0 Å². The predicted octanol–water partition coefficient (Wildman–Crippen LogP) is 2.44. The highest BCUT2D eigenvalue weighted by molar-refractivity contribution is 5.96. The molecule has 6 heteroatoms. The number of amides is 2. The van der Waals surface area contributed by atoms with Gasteiger partial charge in [-0.1, -0.05) is 0 Å². The highest BCUT2D eigenvalue weighted by atomic mass is 19.2. The van der Waals surface area contributed by atoms with Crippen LogP contribution in [0.4, 0.5) is 8.78 Å². The van der Waals surface area contributed by atoms with Crippen LogP contribution in [-0.2, 0) is 4.79 Å². The van der Waals surface area contributed by atoms with Gasteiger partial charge < -0.3 is 9.80 Å². The number of rotatable bonds is 2. The minimum absolute atomic E-state index is 0.103. The van der Waals surface area contributed by atoms with Crippen LogP contribution in [0.25, 0.3) is 0 Å². The van der Waals surface area contributed by atoms with Gasteiger partial charge >= 0.3 is 0 Å². The summed E-state index contributed by atoms with van der Waals surface area (Å²) in [4.78, 5) is 28.1. The largest absolute Gasteiger partial charge is 0.340 e. The molecule has 1 aromatic rings. The zero-order valence-corrected chi connectivity index (χ0v) is 13.1. The van der Waals surface area contributed by atoms with Crippen LogP contribution in [-0.4, -0.2) is 47.3 Å². The van der Waals surface area contributed by atoms with Crippen LogP contribution in [0, 0.1) is 17.6 Å². The van der Waals surface area contributed by atoms with Gasteiger partial charge in [-0.2, -0.15) is 0 Å². The molecular weight excluding hydrogens is 302 g/mol. The van der Waals surface area contributed by atoms with Crippen molar-refractivity contribution in [1.29, 1.82) is 0 Å². The number of benzene rings is 1. The summed E-state index contributed by atoms with van der Waals surface area (Å²) in [5.74, 6) is -2.44. The summed E-state index contributed by atoms with van der Waals surface area (Å²) in [5.41, 5.74) is 0.112. The number of likely N-dealkylation sites (tertiary alicyclic amines) is 2. The maximum Gasteiger partial charge on any atom is 0.254 e. The molecule has 124 valence electrons. The van der Waals surface area contributed by atoms with Gasteiger partial charge in [0, 0.05) is 31.2 Å². The molecule has 1 atom stereocenters. The van der Waals surface area contributed by atoms with Gasteiger partial charge in [0.25, 0.3) is 5.91 Å². The molecule has 4 nitrogen and oxygen atoms in total. The van der Waals surface area contributed by atoms with Gasteiger partial charge in [0.2, 0.25) is 5.91 Å². The van der Waals surface area contributed by atoms with Gasteiger partial charge in [-0.05, 0) is 44.4 Å². The summed E-state index contributed by atoms with van der Waals surface area (Å²) in [6.07, 6.45) is 3.20. The molecule has 2 aliphatic heterocycles. The quantitative estimate of drug-likeness (QED) is 0.839. The Morgan fingerprint density at radius 2 is 1.87 bits per heavy atom. The first kappa shape index (κ1) is 15.9. The molecule has 3 rings (SSSR count). The van der Waals surface area contributed by atoms with Crippen molar-refractivity contribution in [2.24, 2.45) is 5.92 Å². The molecule has 2 amide bonds. The second-order valence-electron chi connectivity index (χ2n) is 6.41. The van der Waals surface area contributed by atoms with E-state index in [1.807, 2.05) is 4.90 Å². The first-order chi connectivity index (χ1) is 11.0. The molecule has 0 radical (unpaired) electrons. The summed E-state index contributed by atoms with van der Waals surface area (Å²) in [6.45, 7) is 3.54. The lowest BCUT2D eigenvalue weighted by Crippen LogP contribution is -2.58. The van der Waals surface area contributed by atoms with Gasteiger partial charge in [-0.25, -0.2) is 8.78 Å². The van der Waals surface area contributed by atoms with E-state index in [0.29, 0.717) is 13.1 Å². The molecule has 0 aliphatic carbocycles. The molecule has 0 aromatic heterocycles. The van der Waals surface area contributed by atoms with Crippen molar-refractivity contribution in [3.05, 3.63) is 35.4 Å². The maximum absolute atomic E-state index is 13.2. The summed E-state index contributed by atoms with van der Waals surface area (Å²) in [5, 5.41) is 0. The maximum atomic E-state index is 13.2. The van der Waals surface area contributed by atoms with Gasteiger partial charge in [0.05, 0.1) is 5.92 Å². The summed E-state index contributed by atoms with van der Waals surface area (Å²) < 4.78 is 26.1. The Morgan fingerprint density at radius 1 is 1.13 bits per heavy atom. The van der Waals surface area contributed by atoms with Crippen LogP contribution in [0.1, 0.15) is 36.5 Å². The van der Waals surface area contributed by atoms with Crippen molar-refractivity contribution in [3.63, 3.8) is 0 Å². The van der Waals surface area contributed by atoms with Crippen molar-refractivity contribution < 1.29 is 18.4 Å². The highest BCUT2D eigenvalue weighted by Crippen LogP contribution is 2.25. The third-order valence-electron chi connectivity index (χ3n) is 4.77. The number of carbonyl (C=O) groups is 2. The van der Waals surface area contributed by atoms with Crippen molar-refractivity contribution in [2.75, 3.05) is 19.6 Å². The molecule has 2 fully saturated rings. The third-order valence-corrected chi connectivity index (χ3v) is 4.77. The molecule has 2 heterocycles. The minimum atomic E-state index is -1.04. The fraction of sp³-hybridized carbons (Fsp3) is 0.529. The Hall–Kier alpha value is -1.98. The topological polar surface area (TPSA) is 40.6 Å². The number of nitrogens with zero attached hydrogens (tertiary/aromatic N) is 2. The van der Waals surface area contributed by atoms with E-state index >= 15 is 0 Å². The van der Waals surface area contributed by atoms with Crippen molar-refractivity contribution >= 4 is 11.8 Å². The van der Waals surface area contributed by atoms with Crippen LogP contribution in [0.2, 0.25) is 0 Å². The zero-order chi connectivity index (χ0) is 16.6. The van der Waals surface area contributed by atoms with E-state index in [1.165, 1.54) is 11.0 Å². The smallest absolute Gasteiger partial charge is 0.254 e. The van der Waals surface area contributed by atoms with Gasteiger partial charge in [0.15, 0.2) is 11.6 Å². The summed E-state index contributed by atoms with van der Waals surface area (Å²) in [7, 11) is 0. The Bertz CT molecular complexity index is 629. The Morgan fingerprint density at radius 3 is 2.52 bits per heavy atom. The second-order valence-corrected chi connectivity index (χ2v) is 6.41. The average Bonchev–Trinajstić information content (AvgIpc) is 2.48. The minimum Gasteiger partial charge on any atom is -0.340 e. The van der Waals surface area contributed by atoms with Crippen LogP contribution in [0.15, 0.2) is 18.2 Å². The van der Waals surface area contributed by atoms with Crippen LogP contribution in [0.3, 0.4) is 0 Å². The Kier molecular flexibility index (Phi) is 4.33. The molecule has 1 aromatic carbocycles. The molecule has 1 unspecified atom stereocenters. The number of piperidine rings is 1. The monoisotopic (exact) mass is 322 g/mol. The van der Waals surface area contributed by atoms with E-state index in [0.717, 1.165) is 37.9 Å². The third kappa shape index (κ3) is 3.07. The van der Waals surface area contributed by atoms with E-state index in [2.05, 4.69) is 6.92 Å². The standard InChI is InChI=1S/C17H20F2N2O2/c1-11-4-2-3-7-21(11)17(23)13-9-20(10-13)16(22)12-5-6-14(18)15(19)8-12/h5-6,8,11,13H,2-4,7,9-10H2,1H3. The number of hydrogen-bond donors (Lipinski definition) is 0. The first-order valence-corrected chi connectivity index (χ1v) is 8.02. The van der Waals surface area contributed by atoms with Gasteiger partial charge in [0.1, 0.15) is 0 Å².